The van der Waals surface area contributed by atoms with Gasteiger partial charge in [0.1, 0.15) is 16.8 Å². The van der Waals surface area contributed by atoms with Crippen LogP contribution in [0.5, 0.6) is 0 Å². The fourth-order valence-corrected chi connectivity index (χ4v) is 23.0. The average Bonchev–Trinajstić information content (AvgIpc) is 1.56. The molecule has 0 aliphatic heterocycles. The lowest BCUT2D eigenvalue weighted by molar-refractivity contribution is 0.661. The van der Waals surface area contributed by atoms with E-state index in [0.29, 0.717) is 34.8 Å². The molecule has 2 aliphatic rings. The first kappa shape index (κ1) is 87.9. The van der Waals surface area contributed by atoms with Crippen molar-refractivity contribution >= 4 is 98.7 Å². The molecule has 30 rings (SSSR count). The van der Waals surface area contributed by atoms with Crippen LogP contribution >= 0.6 is 0 Å². The van der Waals surface area contributed by atoms with Crippen LogP contribution in [0.1, 0.15) is 47.2 Å². The van der Waals surface area contributed by atoms with Gasteiger partial charge in [-0.05, 0) is 163 Å². The molecule has 0 N–H and O–H groups in total. The molecule has 0 unspecified atom stereocenters. The van der Waals surface area contributed by atoms with Crippen molar-refractivity contribution in [2.45, 2.75) is 24.7 Å². The minimum absolute atomic E-state index is 0.116. The van der Waals surface area contributed by atoms with Crippen LogP contribution in [0.15, 0.2) is 514 Å². The molecule has 19 aromatic carbocycles. The molecule has 2 aliphatic carbocycles. The van der Waals surface area contributed by atoms with Crippen LogP contribution in [0.4, 0.5) is 0 Å². The van der Waals surface area contributed by atoms with Crippen molar-refractivity contribution in [3.63, 3.8) is 0 Å². The lowest BCUT2D eigenvalue weighted by atomic mass is 9.68. The Morgan fingerprint density at radius 2 is 0.647 bits per heavy atom. The van der Waals surface area contributed by atoms with Gasteiger partial charge in [-0.1, -0.05) is 420 Å². The van der Waals surface area contributed by atoms with Crippen molar-refractivity contribution in [1.29, 1.82) is 0 Å². The molecule has 150 heavy (non-hydrogen) atoms. The van der Waals surface area contributed by atoms with E-state index in [1.807, 2.05) is 121 Å². The zero-order chi connectivity index (χ0) is 99.5. The highest BCUT2D eigenvalue weighted by atomic mass is 16.3. The summed E-state index contributed by atoms with van der Waals surface area (Å²) in [5.74, 6) is 3.18. The highest BCUT2D eigenvalue weighted by Crippen LogP contribution is 2.58. The molecule has 704 valence electrons. The lowest BCUT2D eigenvalue weighted by Gasteiger charge is -2.33. The Kier molecular flexibility index (Phi) is 21.2. The first-order valence-electron chi connectivity index (χ1n) is 50.8. The number of pyridine rings is 2. The molecule has 0 fully saturated rings. The van der Waals surface area contributed by atoms with Gasteiger partial charge in [-0.25, -0.2) is 39.9 Å². The number of fused-ring (bicyclic) bond motifs is 19. The Bertz CT molecular complexity index is 9990. The summed E-state index contributed by atoms with van der Waals surface area (Å²) in [5, 5.41) is 6.52. The van der Waals surface area contributed by atoms with Gasteiger partial charge in [0.25, 0.3) is 0 Å². The minimum atomic E-state index is -0.559. The third-order valence-electron chi connectivity index (χ3n) is 29.9. The van der Waals surface area contributed by atoms with Gasteiger partial charge in [0.15, 0.2) is 28.9 Å². The third-order valence-corrected chi connectivity index (χ3v) is 29.9. The Morgan fingerprint density at radius 1 is 0.213 bits per heavy atom. The van der Waals surface area contributed by atoms with Gasteiger partial charge in [0, 0.05) is 106 Å². The fourth-order valence-electron chi connectivity index (χ4n) is 23.0. The summed E-state index contributed by atoms with van der Waals surface area (Å²) in [6, 6.07) is 177. The molecule has 28 aromatic rings. The first-order valence-corrected chi connectivity index (χ1v) is 50.8. The molecule has 0 spiro atoms. The number of para-hydroxylation sites is 3. The predicted octanol–water partition coefficient (Wildman–Crippen LogP) is 33.6. The maximum absolute atomic E-state index is 6.77. The van der Waals surface area contributed by atoms with Crippen molar-refractivity contribution in [1.82, 2.24) is 58.6 Å². The summed E-state index contributed by atoms with van der Waals surface area (Å²) in [4.78, 5) is 46.5. The Balaban J connectivity index is 0.000000108. The van der Waals surface area contributed by atoms with Crippen molar-refractivity contribution in [3.05, 3.63) is 543 Å². The van der Waals surface area contributed by atoms with E-state index in [1.165, 1.54) is 55.5 Å². The maximum atomic E-state index is 6.77. The van der Waals surface area contributed by atoms with E-state index in [2.05, 4.69) is 416 Å². The van der Waals surface area contributed by atoms with Gasteiger partial charge in [-0.2, -0.15) is 0 Å². The molecule has 9 heterocycles. The van der Waals surface area contributed by atoms with E-state index in [9.17, 15) is 0 Å². The molecule has 0 bridgehead atoms. The summed E-state index contributed by atoms with van der Waals surface area (Å²) in [7, 11) is 0. The molecule has 0 radical (unpaired) electrons. The summed E-state index contributed by atoms with van der Waals surface area (Å²) in [6.07, 6.45) is 1.89. The summed E-state index contributed by atoms with van der Waals surface area (Å²) in [5.41, 5.74) is 39.4. The largest absolute Gasteiger partial charge is 0.452 e. The first-order chi connectivity index (χ1) is 74.1. The van der Waals surface area contributed by atoms with Gasteiger partial charge in [-0.3, -0.25) is 9.55 Å². The molecule has 13 heteroatoms. The van der Waals surface area contributed by atoms with Crippen LogP contribution in [-0.2, 0) is 10.8 Å². The van der Waals surface area contributed by atoms with E-state index in [0.717, 1.165) is 183 Å². The smallest absolute Gasteiger partial charge is 0.235 e. The number of rotatable bonds is 14. The number of nitrogens with zero attached hydrogens (tertiary/aromatic N) is 12. The van der Waals surface area contributed by atoms with E-state index in [-0.39, 0.29) is 5.41 Å². The molecule has 0 saturated heterocycles. The van der Waals surface area contributed by atoms with Crippen LogP contribution < -0.4 is 0 Å². The molecule has 0 amide bonds. The minimum Gasteiger partial charge on any atom is -0.452 e. The number of benzene rings is 19. The SMILES string of the molecule is CC1(C)c2ccccc2-c2cc3c(cc21)c1ncccc1n3-c1cc(-c2ccccc2)cc(-c2nc(-c3ccccc3)nc(-c3ccccc3)n2)c1.c1ccc(-c2cc(-c3ccccc3)cc(-n3c4ccccc4c4cc5c(cc43)oc3c(-c4ccccc4)nc(-c4ccccc4)nc35)c2)cc1.c1ccc(-c2nc(-n3c4ccccc4c4nc5c(cc43)C(c3ccccc3)(c3ccccc3)c3ccccc3-5)nc3ccccc23)cc1. The fraction of sp³-hybridized carbons (Fsp3) is 0.0292. The van der Waals surface area contributed by atoms with Crippen LogP contribution in [0, 0.1) is 0 Å². The highest BCUT2D eigenvalue weighted by molar-refractivity contribution is 6.19. The van der Waals surface area contributed by atoms with Crippen molar-refractivity contribution in [2.75, 3.05) is 0 Å². The molecule has 0 atom stereocenters. The number of hydrogen-bond acceptors (Lipinski definition) is 10. The van der Waals surface area contributed by atoms with E-state index >= 15 is 0 Å². The summed E-state index contributed by atoms with van der Waals surface area (Å²) in [6.45, 7) is 4.65. The Labute approximate surface area is 864 Å². The van der Waals surface area contributed by atoms with Crippen molar-refractivity contribution < 1.29 is 4.42 Å². The zero-order valence-electron chi connectivity index (χ0n) is 81.8. The quantitative estimate of drug-likeness (QED) is 0.103. The second-order valence-electron chi connectivity index (χ2n) is 39.0. The van der Waals surface area contributed by atoms with Gasteiger partial charge in [0.05, 0.1) is 66.5 Å². The molecule has 0 saturated carbocycles. The lowest BCUT2D eigenvalue weighted by Crippen LogP contribution is -2.28. The Morgan fingerprint density at radius 3 is 1.22 bits per heavy atom. The van der Waals surface area contributed by atoms with E-state index < -0.39 is 5.41 Å². The van der Waals surface area contributed by atoms with Gasteiger partial charge in [0.2, 0.25) is 5.95 Å². The number of hydrogen-bond donors (Lipinski definition) is 0. The zero-order valence-corrected chi connectivity index (χ0v) is 81.8. The van der Waals surface area contributed by atoms with Gasteiger partial charge < -0.3 is 13.6 Å². The number of furan rings is 1. The number of aromatic nitrogens is 12. The Hall–Kier alpha value is -19.9. The highest BCUT2D eigenvalue weighted by Gasteiger charge is 2.48. The summed E-state index contributed by atoms with van der Waals surface area (Å²) < 4.78 is 13.7. The predicted molar refractivity (Wildman–Crippen MR) is 611 cm³/mol. The van der Waals surface area contributed by atoms with Crippen LogP contribution in [-0.4, -0.2) is 58.6 Å². The van der Waals surface area contributed by atoms with Crippen molar-refractivity contribution in [3.8, 4) is 141 Å². The van der Waals surface area contributed by atoms with E-state index in [1.54, 1.807) is 0 Å². The average molecular weight is 1920 g/mol. The topological polar surface area (TPSA) is 144 Å². The van der Waals surface area contributed by atoms with Crippen LogP contribution in [0.2, 0.25) is 0 Å². The molecule has 13 nitrogen and oxygen atoms in total. The molecule has 9 aromatic heterocycles. The van der Waals surface area contributed by atoms with Gasteiger partial charge in [-0.15, -0.1) is 0 Å². The second-order valence-corrected chi connectivity index (χ2v) is 39.0. The molecular weight excluding hydrogens is 1830 g/mol. The monoisotopic (exact) mass is 1920 g/mol. The van der Waals surface area contributed by atoms with Crippen molar-refractivity contribution in [2.24, 2.45) is 0 Å². The van der Waals surface area contributed by atoms with Gasteiger partial charge >= 0.3 is 0 Å². The van der Waals surface area contributed by atoms with Crippen LogP contribution in [0.3, 0.4) is 0 Å². The maximum Gasteiger partial charge on any atom is 0.235 e. The van der Waals surface area contributed by atoms with Crippen LogP contribution in [0.25, 0.3) is 240 Å². The standard InChI is InChI=1S/C47H33N5.C46H29N3O.C44H28N4/c1-47(2)39-22-13-12-21-36(39)37-29-42-38(28-40(37)47)43-41(23-14-24-48-43)52(42)35-26-33(30-15-6-3-7-16-30)25-34(27-35)46-50-44(31-17-8-4-9-18-31)49-45(51-46)32-19-10-5-11-20-32;1-5-15-30(16-6-1)34-25-35(31-17-7-2-8-18-31)27-36(26-34)49-40-24-14-13-23-37(40)38-28-39-42(29-41(38)49)50-45-43(32-19-9-3-10-20-32)47-46(48-44(39)45)33-21-11-4-12-22-33;1-4-16-29(17-5-1)40-33-23-11-14-26-37(33)45-43(47-40)48-38-27-15-12-24-34(38)42-39(48)28-36-41(46-42)32-22-10-13-25-35(32)44(36,30-18-6-2-7-19-30)31-20-8-3-9-21-31/h3-29H,1-2H3;1-29H;1-28H. The third kappa shape index (κ3) is 14.8. The second kappa shape index (κ2) is 36.1. The molecular formula is C137H90N12O. The van der Waals surface area contributed by atoms with E-state index in [4.69, 9.17) is 49.3 Å². The summed E-state index contributed by atoms with van der Waals surface area (Å²) >= 11 is 0. The normalized spacial score (nSPS) is 12.6.